The van der Waals surface area contributed by atoms with Crippen LogP contribution in [0.15, 0.2) is 0 Å². The van der Waals surface area contributed by atoms with Gasteiger partial charge in [-0.1, -0.05) is 19.3 Å². The van der Waals surface area contributed by atoms with E-state index in [1.54, 1.807) is 0 Å². The van der Waals surface area contributed by atoms with Crippen molar-refractivity contribution in [2.24, 2.45) is 11.1 Å². The van der Waals surface area contributed by atoms with E-state index in [4.69, 9.17) is 10.5 Å². The topological polar surface area (TPSA) is 102 Å². The molecule has 0 atom stereocenters. The van der Waals surface area contributed by atoms with Gasteiger partial charge in [0.25, 0.3) is 0 Å². The average molecular weight is 298 g/mol. The highest BCUT2D eigenvalue weighted by atomic mass is 16.5. The Kier molecular flexibility index (Phi) is 5.22. The third-order valence-electron chi connectivity index (χ3n) is 5.02. The second-order valence-electron chi connectivity index (χ2n) is 6.49. The molecule has 1 heterocycles. The van der Waals surface area contributed by atoms with Gasteiger partial charge in [0.05, 0.1) is 0 Å². The second kappa shape index (κ2) is 6.75. The Morgan fingerprint density at radius 1 is 1.10 bits per heavy atom. The summed E-state index contributed by atoms with van der Waals surface area (Å²) in [5, 5.41) is 12.2. The molecule has 1 amide bonds. The van der Waals surface area contributed by atoms with Crippen LogP contribution in [0.1, 0.15) is 51.4 Å². The Bertz CT molecular complexity index is 385. The predicted octanol–water partition coefficient (Wildman–Crippen LogP) is 1.04. The number of aliphatic carboxylic acids is 1. The van der Waals surface area contributed by atoms with Gasteiger partial charge in [0.15, 0.2) is 0 Å². The van der Waals surface area contributed by atoms with Crippen LogP contribution in [0.25, 0.3) is 0 Å². The van der Waals surface area contributed by atoms with Crippen LogP contribution in [-0.2, 0) is 14.3 Å². The van der Waals surface area contributed by atoms with Crippen LogP contribution in [0.5, 0.6) is 0 Å². The summed E-state index contributed by atoms with van der Waals surface area (Å²) in [6.07, 6.45) is 6.29. The predicted molar refractivity (Wildman–Crippen MR) is 77.8 cm³/mol. The molecule has 120 valence electrons. The van der Waals surface area contributed by atoms with Crippen molar-refractivity contribution in [3.8, 4) is 0 Å². The molecule has 1 saturated heterocycles. The van der Waals surface area contributed by atoms with Gasteiger partial charge in [-0.3, -0.25) is 4.79 Å². The number of nitrogens with two attached hydrogens (primary N) is 1. The van der Waals surface area contributed by atoms with Crippen LogP contribution in [0.4, 0.5) is 0 Å². The summed E-state index contributed by atoms with van der Waals surface area (Å²) < 4.78 is 5.21. The average Bonchev–Trinajstić information content (AvgIpc) is 2.48. The molecule has 1 aliphatic heterocycles. The Morgan fingerprint density at radius 3 is 2.24 bits per heavy atom. The molecule has 0 bridgehead atoms. The molecule has 2 aliphatic rings. The number of nitrogens with one attached hydrogen (secondary N) is 1. The molecule has 0 spiro atoms. The fourth-order valence-electron chi connectivity index (χ4n) is 3.52. The molecule has 0 aromatic rings. The zero-order chi connectivity index (χ0) is 15.3. The zero-order valence-corrected chi connectivity index (χ0v) is 12.5. The van der Waals surface area contributed by atoms with Crippen molar-refractivity contribution in [1.82, 2.24) is 5.32 Å². The van der Waals surface area contributed by atoms with E-state index in [1.165, 1.54) is 6.42 Å². The fourth-order valence-corrected chi connectivity index (χ4v) is 3.52. The Balaban J connectivity index is 2.00. The van der Waals surface area contributed by atoms with Crippen LogP contribution < -0.4 is 11.1 Å². The van der Waals surface area contributed by atoms with E-state index in [-0.39, 0.29) is 11.3 Å². The van der Waals surface area contributed by atoms with Gasteiger partial charge in [0, 0.05) is 32.5 Å². The highest BCUT2D eigenvalue weighted by Crippen LogP contribution is 2.38. The molecular formula is C15H26N2O4. The number of carboxylic acid groups (broad SMARTS) is 1. The van der Waals surface area contributed by atoms with E-state index in [1.807, 2.05) is 0 Å². The largest absolute Gasteiger partial charge is 0.480 e. The van der Waals surface area contributed by atoms with Gasteiger partial charge in [0.2, 0.25) is 5.91 Å². The normalized spacial score (nSPS) is 24.2. The summed E-state index contributed by atoms with van der Waals surface area (Å²) >= 11 is 0. The van der Waals surface area contributed by atoms with Gasteiger partial charge in [-0.25, -0.2) is 4.79 Å². The third kappa shape index (κ3) is 3.74. The SMILES string of the molecule is NCC1(CC(=O)NC2(C(=O)O)CCOCC2)CCCCC1. The van der Waals surface area contributed by atoms with Crippen LogP contribution in [0.2, 0.25) is 0 Å². The van der Waals surface area contributed by atoms with Crippen molar-refractivity contribution in [1.29, 1.82) is 0 Å². The summed E-state index contributed by atoms with van der Waals surface area (Å²) in [4.78, 5) is 23.9. The summed E-state index contributed by atoms with van der Waals surface area (Å²) in [5.74, 6) is -1.16. The quantitative estimate of drug-likeness (QED) is 0.704. The lowest BCUT2D eigenvalue weighted by Crippen LogP contribution is -2.58. The number of carbonyl (C=O) groups is 2. The van der Waals surface area contributed by atoms with E-state index in [0.717, 1.165) is 25.7 Å². The van der Waals surface area contributed by atoms with Gasteiger partial charge in [-0.2, -0.15) is 0 Å². The van der Waals surface area contributed by atoms with Crippen molar-refractivity contribution in [2.75, 3.05) is 19.8 Å². The molecule has 2 fully saturated rings. The summed E-state index contributed by atoms with van der Waals surface area (Å²) in [6.45, 7) is 1.23. The number of rotatable bonds is 5. The number of amides is 1. The van der Waals surface area contributed by atoms with Crippen molar-refractivity contribution < 1.29 is 19.4 Å². The second-order valence-corrected chi connectivity index (χ2v) is 6.49. The fraction of sp³-hybridized carbons (Fsp3) is 0.867. The molecular weight excluding hydrogens is 272 g/mol. The first-order valence-electron chi connectivity index (χ1n) is 7.84. The zero-order valence-electron chi connectivity index (χ0n) is 12.5. The van der Waals surface area contributed by atoms with Gasteiger partial charge in [-0.15, -0.1) is 0 Å². The van der Waals surface area contributed by atoms with E-state index in [2.05, 4.69) is 5.32 Å². The summed E-state index contributed by atoms with van der Waals surface area (Å²) in [6, 6.07) is 0. The minimum atomic E-state index is -1.17. The molecule has 6 heteroatoms. The number of ether oxygens (including phenoxy) is 1. The van der Waals surface area contributed by atoms with Crippen molar-refractivity contribution in [3.63, 3.8) is 0 Å². The number of hydrogen-bond acceptors (Lipinski definition) is 4. The first-order chi connectivity index (χ1) is 10.0. The van der Waals surface area contributed by atoms with Crippen molar-refractivity contribution in [3.05, 3.63) is 0 Å². The maximum absolute atomic E-state index is 12.4. The summed E-state index contributed by atoms with van der Waals surface area (Å²) in [7, 11) is 0. The van der Waals surface area contributed by atoms with Crippen LogP contribution in [0.3, 0.4) is 0 Å². The smallest absolute Gasteiger partial charge is 0.329 e. The molecule has 0 aromatic heterocycles. The number of carboxylic acids is 1. The molecule has 0 unspecified atom stereocenters. The number of carbonyl (C=O) groups excluding carboxylic acids is 1. The number of hydrogen-bond donors (Lipinski definition) is 3. The first-order valence-corrected chi connectivity index (χ1v) is 7.84. The molecule has 0 aromatic carbocycles. The van der Waals surface area contributed by atoms with Crippen LogP contribution >= 0.6 is 0 Å². The van der Waals surface area contributed by atoms with E-state index >= 15 is 0 Å². The lowest BCUT2D eigenvalue weighted by molar-refractivity contribution is -0.152. The van der Waals surface area contributed by atoms with Gasteiger partial charge >= 0.3 is 5.97 Å². The Hall–Kier alpha value is -1.14. The van der Waals surface area contributed by atoms with E-state index < -0.39 is 11.5 Å². The lowest BCUT2D eigenvalue weighted by Gasteiger charge is -2.38. The highest BCUT2D eigenvalue weighted by Gasteiger charge is 2.43. The molecule has 6 nitrogen and oxygen atoms in total. The maximum atomic E-state index is 12.4. The Labute approximate surface area is 125 Å². The van der Waals surface area contributed by atoms with E-state index in [0.29, 0.717) is 39.0 Å². The standard InChI is InChI=1S/C15H26N2O4/c16-11-14(4-2-1-3-5-14)10-12(18)17-15(13(19)20)6-8-21-9-7-15/h1-11,16H2,(H,17,18)(H,19,20). The highest BCUT2D eigenvalue weighted by molar-refractivity contribution is 5.87. The first kappa shape index (κ1) is 16.2. The van der Waals surface area contributed by atoms with Crippen molar-refractivity contribution >= 4 is 11.9 Å². The minimum Gasteiger partial charge on any atom is -0.480 e. The van der Waals surface area contributed by atoms with Crippen LogP contribution in [0, 0.1) is 5.41 Å². The van der Waals surface area contributed by atoms with E-state index in [9.17, 15) is 14.7 Å². The summed E-state index contributed by atoms with van der Waals surface area (Å²) in [5.41, 5.74) is 4.58. The molecule has 21 heavy (non-hydrogen) atoms. The van der Waals surface area contributed by atoms with Gasteiger partial charge < -0.3 is 20.9 Å². The van der Waals surface area contributed by atoms with Crippen LogP contribution in [-0.4, -0.2) is 42.3 Å². The molecule has 1 aliphatic carbocycles. The Morgan fingerprint density at radius 2 is 1.71 bits per heavy atom. The molecule has 2 rings (SSSR count). The van der Waals surface area contributed by atoms with Gasteiger partial charge in [-0.05, 0) is 24.8 Å². The maximum Gasteiger partial charge on any atom is 0.329 e. The minimum absolute atomic E-state index is 0.146. The molecule has 0 radical (unpaired) electrons. The molecule has 4 N–H and O–H groups in total. The third-order valence-corrected chi connectivity index (χ3v) is 5.02. The molecule has 1 saturated carbocycles. The monoisotopic (exact) mass is 298 g/mol. The lowest BCUT2D eigenvalue weighted by atomic mass is 9.71. The van der Waals surface area contributed by atoms with Gasteiger partial charge in [0.1, 0.15) is 5.54 Å². The van der Waals surface area contributed by atoms with Crippen molar-refractivity contribution in [2.45, 2.75) is 56.9 Å².